The molecule has 1 N–H and O–H groups in total. The summed E-state index contributed by atoms with van der Waals surface area (Å²) in [4.78, 5) is 11.2. The number of hydrogen-bond donors (Lipinski definition) is 1. The molecule has 1 saturated carbocycles. The van der Waals surface area contributed by atoms with Crippen LogP contribution >= 0.6 is 0 Å². The lowest BCUT2D eigenvalue weighted by Gasteiger charge is -2.29. The maximum absolute atomic E-state index is 12.2. The monoisotopic (exact) mass is 396 g/mol. The minimum absolute atomic E-state index is 0.0111. The summed E-state index contributed by atoms with van der Waals surface area (Å²) in [5, 5.41) is 9.16. The summed E-state index contributed by atoms with van der Waals surface area (Å²) in [6, 6.07) is 10.5. The van der Waals surface area contributed by atoms with Gasteiger partial charge >= 0.3 is 5.97 Å². The van der Waals surface area contributed by atoms with E-state index in [1.165, 1.54) is 5.56 Å². The highest BCUT2D eigenvalue weighted by atomic mass is 32.2. The van der Waals surface area contributed by atoms with Gasteiger partial charge in [-0.15, -0.1) is 0 Å². The van der Waals surface area contributed by atoms with Gasteiger partial charge in [-0.05, 0) is 49.5 Å². The second-order valence-electron chi connectivity index (χ2n) is 7.91. The lowest BCUT2D eigenvalue weighted by Crippen LogP contribution is -2.29. The fraction of sp³-hybridized carbons (Fsp3) is 0.667. The molecule has 2 rings (SSSR count). The summed E-state index contributed by atoms with van der Waals surface area (Å²) < 4.78 is 30.2. The third-order valence-corrected chi connectivity index (χ3v) is 7.23. The molecule has 1 atom stereocenters. The topological polar surface area (TPSA) is 80.7 Å². The number of benzene rings is 1. The van der Waals surface area contributed by atoms with Crippen molar-refractivity contribution in [1.29, 1.82) is 0 Å². The average molecular weight is 397 g/mol. The van der Waals surface area contributed by atoms with Crippen LogP contribution in [0.4, 0.5) is 0 Å². The van der Waals surface area contributed by atoms with Crippen LogP contribution in [0, 0.1) is 11.8 Å². The van der Waals surface area contributed by atoms with E-state index < -0.39 is 21.7 Å². The molecular formula is C21H32O5S. The Kier molecular flexibility index (Phi) is 8.29. The zero-order valence-electron chi connectivity index (χ0n) is 16.3. The Morgan fingerprint density at radius 1 is 1.15 bits per heavy atom. The van der Waals surface area contributed by atoms with Crippen LogP contribution in [-0.4, -0.2) is 43.7 Å². The Labute approximate surface area is 163 Å². The normalized spacial score (nSPS) is 21.9. The summed E-state index contributed by atoms with van der Waals surface area (Å²) in [5.74, 6) is -1.79. The Bertz CT molecular complexity index is 676. The molecule has 27 heavy (non-hydrogen) atoms. The number of sulfone groups is 1. The summed E-state index contributed by atoms with van der Waals surface area (Å²) in [7, 11) is -3.38. The number of ether oxygens (including phenoxy) is 1. The molecule has 0 bridgehead atoms. The number of hydrogen-bond acceptors (Lipinski definition) is 4. The first-order valence-corrected chi connectivity index (χ1v) is 11.7. The van der Waals surface area contributed by atoms with Gasteiger partial charge in [-0.1, -0.05) is 44.2 Å². The Balaban J connectivity index is 1.67. The van der Waals surface area contributed by atoms with Crippen molar-refractivity contribution in [3.63, 3.8) is 0 Å². The van der Waals surface area contributed by atoms with Crippen LogP contribution in [0.3, 0.4) is 0 Å². The zero-order chi connectivity index (χ0) is 19.9. The molecule has 152 valence electrons. The van der Waals surface area contributed by atoms with Crippen LogP contribution in [-0.2, 0) is 19.4 Å². The minimum Gasteiger partial charge on any atom is -0.481 e. The van der Waals surface area contributed by atoms with Crippen molar-refractivity contribution in [3.8, 4) is 0 Å². The molecule has 0 aliphatic heterocycles. The van der Waals surface area contributed by atoms with Crippen molar-refractivity contribution in [1.82, 2.24) is 0 Å². The minimum atomic E-state index is -3.38. The predicted molar refractivity (Wildman–Crippen MR) is 107 cm³/mol. The van der Waals surface area contributed by atoms with Crippen molar-refractivity contribution in [2.75, 3.05) is 18.1 Å². The van der Waals surface area contributed by atoms with Crippen molar-refractivity contribution in [3.05, 3.63) is 35.9 Å². The highest BCUT2D eigenvalue weighted by molar-refractivity contribution is 7.91. The van der Waals surface area contributed by atoms with Crippen LogP contribution in [0.5, 0.6) is 0 Å². The Morgan fingerprint density at radius 2 is 1.78 bits per heavy atom. The molecule has 0 amide bonds. The molecule has 6 heteroatoms. The molecule has 1 fully saturated rings. The maximum atomic E-state index is 12.2. The second-order valence-corrected chi connectivity index (χ2v) is 10.1. The molecule has 0 radical (unpaired) electrons. The highest BCUT2D eigenvalue weighted by Crippen LogP contribution is 2.33. The molecule has 1 aromatic carbocycles. The van der Waals surface area contributed by atoms with E-state index in [0.717, 1.165) is 25.7 Å². The van der Waals surface area contributed by atoms with Gasteiger partial charge < -0.3 is 9.84 Å². The molecule has 1 unspecified atom stereocenters. The molecule has 0 spiro atoms. The van der Waals surface area contributed by atoms with Crippen molar-refractivity contribution in [2.45, 2.75) is 58.0 Å². The lowest BCUT2D eigenvalue weighted by atomic mass is 9.83. The number of aliphatic carboxylic acids is 1. The van der Waals surface area contributed by atoms with E-state index in [1.54, 1.807) is 13.8 Å². The smallest absolute Gasteiger partial charge is 0.307 e. The summed E-state index contributed by atoms with van der Waals surface area (Å²) in [5.41, 5.74) is 1.39. The quantitative estimate of drug-likeness (QED) is 0.607. The summed E-state index contributed by atoms with van der Waals surface area (Å²) >= 11 is 0. The van der Waals surface area contributed by atoms with Crippen LogP contribution in [0.25, 0.3) is 0 Å². The van der Waals surface area contributed by atoms with Crippen LogP contribution in [0.1, 0.15) is 57.4 Å². The summed E-state index contributed by atoms with van der Waals surface area (Å²) in [6.45, 7) is 3.89. The van der Waals surface area contributed by atoms with Gasteiger partial charge in [-0.25, -0.2) is 8.42 Å². The largest absolute Gasteiger partial charge is 0.481 e. The number of rotatable bonds is 10. The number of carboxylic acids is 1. The van der Waals surface area contributed by atoms with Gasteiger partial charge in [-0.2, -0.15) is 0 Å². The Morgan fingerprint density at radius 3 is 2.33 bits per heavy atom. The molecule has 1 aliphatic carbocycles. The highest BCUT2D eigenvalue weighted by Gasteiger charge is 2.28. The number of carbonyl (C=O) groups is 1. The van der Waals surface area contributed by atoms with Gasteiger partial charge in [0.2, 0.25) is 0 Å². The standard InChI is InChI=1S/C21H32O5S/c1-16(2)20(21(22)23)15-27(24,25)14-6-13-26-19-11-9-18(10-12-19)17-7-4-3-5-8-17/h3-5,7-8,16,18-20H,6,9-15H2,1-2H3,(H,22,23). The van der Waals surface area contributed by atoms with E-state index in [9.17, 15) is 13.2 Å². The molecule has 0 heterocycles. The summed E-state index contributed by atoms with van der Waals surface area (Å²) in [6.07, 6.45) is 4.83. The average Bonchev–Trinajstić information content (AvgIpc) is 2.64. The van der Waals surface area contributed by atoms with E-state index in [-0.39, 0.29) is 23.5 Å². The zero-order valence-corrected chi connectivity index (χ0v) is 17.2. The predicted octanol–water partition coefficient (Wildman–Crippen LogP) is 3.89. The SMILES string of the molecule is CC(C)C(CS(=O)(=O)CCCOC1CCC(c2ccccc2)CC1)C(=O)O. The lowest BCUT2D eigenvalue weighted by molar-refractivity contribution is -0.142. The van der Waals surface area contributed by atoms with E-state index in [4.69, 9.17) is 9.84 Å². The van der Waals surface area contributed by atoms with E-state index in [1.807, 2.05) is 6.07 Å². The molecule has 0 aromatic heterocycles. The van der Waals surface area contributed by atoms with Crippen molar-refractivity contribution < 1.29 is 23.1 Å². The van der Waals surface area contributed by atoms with Gasteiger partial charge in [0.1, 0.15) is 0 Å². The van der Waals surface area contributed by atoms with Crippen LogP contribution in [0.15, 0.2) is 30.3 Å². The van der Waals surface area contributed by atoms with Gasteiger partial charge in [-0.3, -0.25) is 4.79 Å². The van der Waals surface area contributed by atoms with Gasteiger partial charge in [0, 0.05) is 6.61 Å². The molecule has 1 aromatic rings. The van der Waals surface area contributed by atoms with E-state index in [0.29, 0.717) is 18.9 Å². The van der Waals surface area contributed by atoms with Crippen molar-refractivity contribution in [2.24, 2.45) is 11.8 Å². The fourth-order valence-electron chi connectivity index (χ4n) is 3.72. The van der Waals surface area contributed by atoms with Gasteiger partial charge in [0.05, 0.1) is 23.5 Å². The maximum Gasteiger partial charge on any atom is 0.307 e. The van der Waals surface area contributed by atoms with Gasteiger partial charge in [0.15, 0.2) is 9.84 Å². The first-order chi connectivity index (χ1) is 12.8. The number of carboxylic acid groups (broad SMARTS) is 1. The van der Waals surface area contributed by atoms with Crippen molar-refractivity contribution >= 4 is 15.8 Å². The fourth-order valence-corrected chi connectivity index (χ4v) is 5.52. The third kappa shape index (κ3) is 7.26. The van der Waals surface area contributed by atoms with E-state index >= 15 is 0 Å². The Hall–Kier alpha value is -1.40. The third-order valence-electron chi connectivity index (χ3n) is 5.45. The van der Waals surface area contributed by atoms with E-state index in [2.05, 4.69) is 24.3 Å². The first kappa shape index (κ1) is 21.9. The molecule has 1 aliphatic rings. The molecule has 0 saturated heterocycles. The van der Waals surface area contributed by atoms with Gasteiger partial charge in [0.25, 0.3) is 0 Å². The van der Waals surface area contributed by atoms with Crippen LogP contribution in [0.2, 0.25) is 0 Å². The molecular weight excluding hydrogens is 364 g/mol. The second kappa shape index (κ2) is 10.2. The molecule has 5 nitrogen and oxygen atoms in total. The van der Waals surface area contributed by atoms with Crippen LogP contribution < -0.4 is 0 Å². The first-order valence-electron chi connectivity index (χ1n) is 9.88.